The van der Waals surface area contributed by atoms with Crippen molar-refractivity contribution in [2.75, 3.05) is 0 Å². The SMILES string of the molecule is C=CC(=O)CC(C)C(C)(C)C(C)(C)C(C)(C=C)OC(=O)C=C. The minimum absolute atomic E-state index is 0.0137. The number of ether oxygens (including phenoxy) is 1. The molecule has 0 radical (unpaired) electrons. The van der Waals surface area contributed by atoms with E-state index >= 15 is 0 Å². The summed E-state index contributed by atoms with van der Waals surface area (Å²) in [6.45, 7) is 22.9. The highest BCUT2D eigenvalue weighted by molar-refractivity contribution is 5.89. The molecule has 0 heterocycles. The van der Waals surface area contributed by atoms with Gasteiger partial charge in [-0.3, -0.25) is 4.79 Å². The van der Waals surface area contributed by atoms with Crippen molar-refractivity contribution >= 4 is 11.8 Å². The Labute approximate surface area is 135 Å². The number of carbonyl (C=O) groups is 2. The second-order valence-corrected chi connectivity index (χ2v) is 7.06. The molecule has 0 aliphatic heterocycles. The summed E-state index contributed by atoms with van der Waals surface area (Å²) in [5, 5.41) is 0. The number of esters is 1. The maximum atomic E-state index is 11.7. The van der Waals surface area contributed by atoms with Gasteiger partial charge >= 0.3 is 5.97 Å². The maximum Gasteiger partial charge on any atom is 0.331 e. The molecule has 0 amide bonds. The van der Waals surface area contributed by atoms with Gasteiger partial charge < -0.3 is 4.74 Å². The van der Waals surface area contributed by atoms with Crippen LogP contribution >= 0.6 is 0 Å². The molecule has 0 spiro atoms. The van der Waals surface area contributed by atoms with Gasteiger partial charge in [0.15, 0.2) is 5.78 Å². The smallest absolute Gasteiger partial charge is 0.331 e. The monoisotopic (exact) mass is 306 g/mol. The van der Waals surface area contributed by atoms with Gasteiger partial charge in [-0.2, -0.15) is 0 Å². The lowest BCUT2D eigenvalue weighted by molar-refractivity contribution is -0.171. The molecular formula is C19H30O3. The lowest BCUT2D eigenvalue weighted by atomic mass is 9.54. The molecule has 0 aromatic heterocycles. The Hall–Kier alpha value is -1.64. The molecule has 2 unspecified atom stereocenters. The van der Waals surface area contributed by atoms with Gasteiger partial charge in [-0.1, -0.05) is 54.4 Å². The van der Waals surface area contributed by atoms with Crippen LogP contribution in [0.1, 0.15) is 48.0 Å². The van der Waals surface area contributed by atoms with Gasteiger partial charge in [0.1, 0.15) is 5.60 Å². The average molecular weight is 306 g/mol. The van der Waals surface area contributed by atoms with Crippen LogP contribution in [-0.2, 0) is 14.3 Å². The van der Waals surface area contributed by atoms with E-state index in [0.717, 1.165) is 6.08 Å². The van der Waals surface area contributed by atoms with Gasteiger partial charge in [-0.05, 0) is 30.4 Å². The van der Waals surface area contributed by atoms with Gasteiger partial charge in [0.2, 0.25) is 0 Å². The third kappa shape index (κ3) is 3.76. The van der Waals surface area contributed by atoms with Crippen molar-refractivity contribution in [3.63, 3.8) is 0 Å². The Morgan fingerprint density at radius 3 is 1.91 bits per heavy atom. The molecule has 0 aromatic rings. The number of rotatable bonds is 9. The fourth-order valence-corrected chi connectivity index (χ4v) is 2.57. The molecule has 0 aliphatic carbocycles. The molecule has 124 valence electrons. The first kappa shape index (κ1) is 20.4. The zero-order chi connectivity index (χ0) is 17.8. The predicted molar refractivity (Wildman–Crippen MR) is 91.4 cm³/mol. The largest absolute Gasteiger partial charge is 0.451 e. The molecule has 3 nitrogen and oxygen atoms in total. The van der Waals surface area contributed by atoms with E-state index in [9.17, 15) is 9.59 Å². The normalized spacial score (nSPS) is 16.1. The molecule has 0 fully saturated rings. The van der Waals surface area contributed by atoms with Gasteiger partial charge in [-0.25, -0.2) is 4.79 Å². The summed E-state index contributed by atoms with van der Waals surface area (Å²) in [6, 6.07) is 0. The van der Waals surface area contributed by atoms with Gasteiger partial charge in [-0.15, -0.1) is 0 Å². The van der Waals surface area contributed by atoms with E-state index in [2.05, 4.69) is 33.6 Å². The van der Waals surface area contributed by atoms with Crippen LogP contribution in [0.3, 0.4) is 0 Å². The van der Waals surface area contributed by atoms with Crippen LogP contribution in [-0.4, -0.2) is 17.4 Å². The Bertz CT molecular complexity index is 471. The van der Waals surface area contributed by atoms with Crippen LogP contribution in [0.4, 0.5) is 0 Å². The highest BCUT2D eigenvalue weighted by Gasteiger charge is 2.53. The first-order valence-corrected chi connectivity index (χ1v) is 7.54. The van der Waals surface area contributed by atoms with E-state index in [0.29, 0.717) is 6.42 Å². The van der Waals surface area contributed by atoms with Crippen molar-refractivity contribution in [3.05, 3.63) is 38.0 Å². The zero-order valence-corrected chi connectivity index (χ0v) is 14.9. The maximum absolute atomic E-state index is 11.7. The molecule has 22 heavy (non-hydrogen) atoms. The highest BCUT2D eigenvalue weighted by Crippen LogP contribution is 2.53. The number of ketones is 1. The number of hydrogen-bond acceptors (Lipinski definition) is 3. The Morgan fingerprint density at radius 2 is 1.55 bits per heavy atom. The fourth-order valence-electron chi connectivity index (χ4n) is 2.57. The topological polar surface area (TPSA) is 43.4 Å². The molecule has 0 bridgehead atoms. The predicted octanol–water partition coefficient (Wildman–Crippen LogP) is 4.49. The van der Waals surface area contributed by atoms with E-state index in [1.165, 1.54) is 6.08 Å². The van der Waals surface area contributed by atoms with E-state index in [-0.39, 0.29) is 17.1 Å². The Morgan fingerprint density at radius 1 is 1.05 bits per heavy atom. The molecule has 2 atom stereocenters. The molecule has 0 aliphatic rings. The van der Waals surface area contributed by atoms with Crippen LogP contribution in [0.5, 0.6) is 0 Å². The van der Waals surface area contributed by atoms with Crippen LogP contribution in [0, 0.1) is 16.7 Å². The summed E-state index contributed by atoms with van der Waals surface area (Å²) in [4.78, 5) is 23.4. The van der Waals surface area contributed by atoms with E-state index in [1.807, 2.05) is 27.7 Å². The average Bonchev–Trinajstić information content (AvgIpc) is 2.45. The third-order valence-electron chi connectivity index (χ3n) is 5.69. The zero-order valence-electron chi connectivity index (χ0n) is 14.9. The van der Waals surface area contributed by atoms with Crippen molar-refractivity contribution in [2.45, 2.75) is 53.6 Å². The van der Waals surface area contributed by atoms with Crippen molar-refractivity contribution in [2.24, 2.45) is 16.7 Å². The molecule has 0 aromatic carbocycles. The molecule has 0 saturated carbocycles. The summed E-state index contributed by atoms with van der Waals surface area (Å²) >= 11 is 0. The number of carbonyl (C=O) groups excluding carboxylic acids is 2. The van der Waals surface area contributed by atoms with E-state index in [4.69, 9.17) is 4.74 Å². The lowest BCUT2D eigenvalue weighted by Crippen LogP contribution is -2.54. The minimum atomic E-state index is -0.882. The Balaban J connectivity index is 5.67. The van der Waals surface area contributed by atoms with Gasteiger partial charge in [0, 0.05) is 17.9 Å². The molecular weight excluding hydrogens is 276 g/mol. The summed E-state index contributed by atoms with van der Waals surface area (Å²) in [5.41, 5.74) is -1.63. The number of hydrogen-bond donors (Lipinski definition) is 0. The number of allylic oxidation sites excluding steroid dienone is 1. The van der Waals surface area contributed by atoms with Gasteiger partial charge in [0.25, 0.3) is 0 Å². The quantitative estimate of drug-likeness (QED) is 0.358. The standard InChI is InChI=1S/C19H30O3/c1-10-15(20)13-14(4)17(5,6)18(7,8)19(9,12-3)22-16(21)11-2/h10-12,14H,1-3,13H2,4-9H3. The Kier molecular flexibility index (Phi) is 6.55. The summed E-state index contributed by atoms with van der Waals surface area (Å²) in [5.74, 6) is -0.393. The molecule has 0 saturated heterocycles. The summed E-state index contributed by atoms with van der Waals surface area (Å²) in [6.07, 6.45) is 4.56. The van der Waals surface area contributed by atoms with Crippen LogP contribution in [0.2, 0.25) is 0 Å². The first-order chi connectivity index (χ1) is 9.89. The second-order valence-electron chi connectivity index (χ2n) is 7.06. The minimum Gasteiger partial charge on any atom is -0.451 e. The van der Waals surface area contributed by atoms with Crippen molar-refractivity contribution in [3.8, 4) is 0 Å². The fraction of sp³-hybridized carbons (Fsp3) is 0.579. The van der Waals surface area contributed by atoms with Crippen LogP contribution in [0.25, 0.3) is 0 Å². The van der Waals surface area contributed by atoms with Gasteiger partial charge in [0.05, 0.1) is 0 Å². The van der Waals surface area contributed by atoms with E-state index < -0.39 is 17.0 Å². The highest BCUT2D eigenvalue weighted by atomic mass is 16.6. The van der Waals surface area contributed by atoms with E-state index in [1.54, 1.807) is 6.08 Å². The molecule has 3 heteroatoms. The summed E-state index contributed by atoms with van der Waals surface area (Å²) in [7, 11) is 0. The lowest BCUT2D eigenvalue weighted by Gasteiger charge is -2.53. The van der Waals surface area contributed by atoms with Crippen LogP contribution in [0.15, 0.2) is 38.0 Å². The van der Waals surface area contributed by atoms with Crippen LogP contribution < -0.4 is 0 Å². The molecule has 0 N–H and O–H groups in total. The first-order valence-electron chi connectivity index (χ1n) is 7.54. The van der Waals surface area contributed by atoms with Crippen molar-refractivity contribution in [1.29, 1.82) is 0 Å². The summed E-state index contributed by atoms with van der Waals surface area (Å²) < 4.78 is 5.59. The van der Waals surface area contributed by atoms with Crippen molar-refractivity contribution < 1.29 is 14.3 Å². The third-order valence-corrected chi connectivity index (χ3v) is 5.69. The van der Waals surface area contributed by atoms with Crippen molar-refractivity contribution in [1.82, 2.24) is 0 Å². The molecule has 0 rings (SSSR count). The second kappa shape index (κ2) is 7.08.